The van der Waals surface area contributed by atoms with Gasteiger partial charge in [-0.3, -0.25) is 0 Å². The second kappa shape index (κ2) is 11.2. The van der Waals surface area contributed by atoms with Gasteiger partial charge in [-0.05, 0) is 45.0 Å². The van der Waals surface area contributed by atoms with Gasteiger partial charge >= 0.3 is 0 Å². The number of aliphatic imine (C=N–C) groups is 1. The van der Waals surface area contributed by atoms with Gasteiger partial charge in [-0.25, -0.2) is 4.99 Å². The van der Waals surface area contributed by atoms with Crippen LogP contribution in [-0.2, 0) is 19.4 Å². The first-order valence-corrected chi connectivity index (χ1v) is 9.69. The first kappa shape index (κ1) is 22.4. The molecule has 1 aromatic heterocycles. The number of rotatable bonds is 8. The van der Waals surface area contributed by atoms with Crippen LogP contribution in [0.15, 0.2) is 39.9 Å². The highest BCUT2D eigenvalue weighted by molar-refractivity contribution is 14.0. The fourth-order valence-corrected chi connectivity index (χ4v) is 3.16. The van der Waals surface area contributed by atoms with Crippen LogP contribution in [0.1, 0.15) is 37.7 Å². The molecule has 0 aliphatic carbocycles. The topological polar surface area (TPSA) is 68.0 Å². The van der Waals surface area contributed by atoms with E-state index < -0.39 is 0 Å². The van der Waals surface area contributed by atoms with Crippen molar-refractivity contribution in [2.75, 3.05) is 19.7 Å². The van der Waals surface area contributed by atoms with Crippen LogP contribution in [-0.4, -0.2) is 31.8 Å². The molecule has 28 heavy (non-hydrogen) atoms. The SMILES string of the molecule is CCNC(=NCc1cc2c(cc1OCC)CC(C)O2)NCCc1ccco1.I. The number of nitrogens with zero attached hydrogens (tertiary/aromatic N) is 1. The van der Waals surface area contributed by atoms with Crippen molar-refractivity contribution >= 4 is 29.9 Å². The van der Waals surface area contributed by atoms with Crippen molar-refractivity contribution in [3.8, 4) is 11.5 Å². The lowest BCUT2D eigenvalue weighted by atomic mass is 10.1. The number of hydrogen-bond donors (Lipinski definition) is 2. The van der Waals surface area contributed by atoms with Gasteiger partial charge in [-0.15, -0.1) is 24.0 Å². The fraction of sp³-hybridized carbons (Fsp3) is 0.476. The van der Waals surface area contributed by atoms with Gasteiger partial charge in [0, 0.05) is 37.1 Å². The molecule has 154 valence electrons. The Bertz CT molecular complexity index is 763. The lowest BCUT2D eigenvalue weighted by molar-refractivity contribution is 0.254. The van der Waals surface area contributed by atoms with Crippen LogP contribution in [0.4, 0.5) is 0 Å². The van der Waals surface area contributed by atoms with E-state index in [4.69, 9.17) is 18.9 Å². The Labute approximate surface area is 184 Å². The molecule has 1 atom stereocenters. The molecule has 6 nitrogen and oxygen atoms in total. The van der Waals surface area contributed by atoms with Gasteiger partial charge in [0.15, 0.2) is 5.96 Å². The summed E-state index contributed by atoms with van der Waals surface area (Å²) >= 11 is 0. The number of halogens is 1. The predicted molar refractivity (Wildman–Crippen MR) is 122 cm³/mol. The number of benzene rings is 1. The molecular weight excluding hydrogens is 469 g/mol. The van der Waals surface area contributed by atoms with Crippen molar-refractivity contribution in [1.29, 1.82) is 0 Å². The van der Waals surface area contributed by atoms with Crippen molar-refractivity contribution in [2.24, 2.45) is 4.99 Å². The van der Waals surface area contributed by atoms with Crippen molar-refractivity contribution in [2.45, 2.75) is 46.3 Å². The quantitative estimate of drug-likeness (QED) is 0.328. The number of nitrogens with one attached hydrogen (secondary N) is 2. The maximum atomic E-state index is 5.90. The van der Waals surface area contributed by atoms with Crippen LogP contribution in [0.3, 0.4) is 0 Å². The first-order valence-electron chi connectivity index (χ1n) is 9.69. The van der Waals surface area contributed by atoms with Gasteiger partial charge in [0.25, 0.3) is 0 Å². The molecule has 0 saturated heterocycles. The Hall–Kier alpha value is -1.90. The fourth-order valence-electron chi connectivity index (χ4n) is 3.16. The molecule has 2 N–H and O–H groups in total. The number of hydrogen-bond acceptors (Lipinski definition) is 4. The van der Waals surface area contributed by atoms with Gasteiger partial charge < -0.3 is 24.5 Å². The highest BCUT2D eigenvalue weighted by Gasteiger charge is 2.21. The zero-order valence-electron chi connectivity index (χ0n) is 16.8. The van der Waals surface area contributed by atoms with Crippen LogP contribution in [0.5, 0.6) is 11.5 Å². The highest BCUT2D eigenvalue weighted by atomic mass is 127. The van der Waals surface area contributed by atoms with Crippen LogP contribution < -0.4 is 20.1 Å². The largest absolute Gasteiger partial charge is 0.494 e. The van der Waals surface area contributed by atoms with Crippen LogP contribution in [0, 0.1) is 0 Å². The minimum Gasteiger partial charge on any atom is -0.494 e. The summed E-state index contributed by atoms with van der Waals surface area (Å²) < 4.78 is 17.1. The van der Waals surface area contributed by atoms with Gasteiger partial charge in [0.05, 0.1) is 19.4 Å². The second-order valence-electron chi connectivity index (χ2n) is 6.58. The van der Waals surface area contributed by atoms with E-state index in [9.17, 15) is 0 Å². The Morgan fingerprint density at radius 3 is 2.86 bits per heavy atom. The van der Waals surface area contributed by atoms with E-state index in [-0.39, 0.29) is 30.1 Å². The van der Waals surface area contributed by atoms with Gasteiger partial charge in [0.1, 0.15) is 23.4 Å². The third kappa shape index (κ3) is 6.05. The lowest BCUT2D eigenvalue weighted by Gasteiger charge is -2.13. The van der Waals surface area contributed by atoms with Gasteiger partial charge in [-0.2, -0.15) is 0 Å². The number of furan rings is 1. The molecule has 2 heterocycles. The van der Waals surface area contributed by atoms with E-state index >= 15 is 0 Å². The second-order valence-corrected chi connectivity index (χ2v) is 6.58. The van der Waals surface area contributed by atoms with Crippen molar-refractivity contribution in [1.82, 2.24) is 10.6 Å². The molecular formula is C21H30IN3O3. The number of ether oxygens (including phenoxy) is 2. The zero-order chi connectivity index (χ0) is 19.1. The summed E-state index contributed by atoms with van der Waals surface area (Å²) in [5.41, 5.74) is 2.25. The summed E-state index contributed by atoms with van der Waals surface area (Å²) in [4.78, 5) is 4.72. The highest BCUT2D eigenvalue weighted by Crippen LogP contribution is 2.35. The summed E-state index contributed by atoms with van der Waals surface area (Å²) in [7, 11) is 0. The molecule has 1 aromatic carbocycles. The monoisotopic (exact) mass is 499 g/mol. The van der Waals surface area contributed by atoms with E-state index in [0.717, 1.165) is 54.7 Å². The average Bonchev–Trinajstić information content (AvgIpc) is 3.28. The van der Waals surface area contributed by atoms with Crippen molar-refractivity contribution in [3.05, 3.63) is 47.4 Å². The molecule has 7 heteroatoms. The van der Waals surface area contributed by atoms with Crippen LogP contribution in [0.25, 0.3) is 0 Å². The summed E-state index contributed by atoms with van der Waals surface area (Å²) in [5.74, 6) is 3.58. The third-order valence-electron chi connectivity index (χ3n) is 4.37. The molecule has 0 spiro atoms. The predicted octanol–water partition coefficient (Wildman–Crippen LogP) is 3.92. The zero-order valence-corrected chi connectivity index (χ0v) is 19.1. The molecule has 1 unspecified atom stereocenters. The van der Waals surface area contributed by atoms with Crippen molar-refractivity contribution in [3.63, 3.8) is 0 Å². The maximum Gasteiger partial charge on any atom is 0.191 e. The van der Waals surface area contributed by atoms with E-state index in [1.165, 1.54) is 5.56 Å². The molecule has 0 amide bonds. The number of fused-ring (bicyclic) bond motifs is 1. The Balaban J connectivity index is 0.00000280. The summed E-state index contributed by atoms with van der Waals surface area (Å²) in [6.45, 7) is 8.85. The first-order chi connectivity index (χ1) is 13.2. The van der Waals surface area contributed by atoms with E-state index in [2.05, 4.69) is 36.6 Å². The molecule has 1 aliphatic heterocycles. The molecule has 0 fully saturated rings. The third-order valence-corrected chi connectivity index (χ3v) is 4.37. The summed E-state index contributed by atoms with van der Waals surface area (Å²) in [5, 5.41) is 6.63. The van der Waals surface area contributed by atoms with Crippen LogP contribution in [0.2, 0.25) is 0 Å². The molecule has 2 aromatic rings. The number of guanidine groups is 1. The average molecular weight is 499 g/mol. The Morgan fingerprint density at radius 1 is 1.29 bits per heavy atom. The van der Waals surface area contributed by atoms with E-state index in [1.54, 1.807) is 6.26 Å². The smallest absolute Gasteiger partial charge is 0.191 e. The van der Waals surface area contributed by atoms with Crippen molar-refractivity contribution < 1.29 is 13.9 Å². The van der Waals surface area contributed by atoms with Crippen LogP contribution >= 0.6 is 24.0 Å². The van der Waals surface area contributed by atoms with E-state index in [1.807, 2.05) is 19.1 Å². The molecule has 0 saturated carbocycles. The molecule has 1 aliphatic rings. The summed E-state index contributed by atoms with van der Waals surface area (Å²) in [6, 6.07) is 8.05. The summed E-state index contributed by atoms with van der Waals surface area (Å²) in [6.07, 6.45) is 3.65. The minimum atomic E-state index is 0. The normalized spacial score (nSPS) is 15.4. The van der Waals surface area contributed by atoms with Gasteiger partial charge in [0.2, 0.25) is 0 Å². The Kier molecular flexibility index (Phi) is 8.95. The molecule has 0 radical (unpaired) electrons. The van der Waals surface area contributed by atoms with Gasteiger partial charge in [-0.1, -0.05) is 0 Å². The van der Waals surface area contributed by atoms with E-state index in [0.29, 0.717) is 13.2 Å². The molecule has 3 rings (SSSR count). The minimum absolute atomic E-state index is 0. The Morgan fingerprint density at radius 2 is 2.14 bits per heavy atom. The lowest BCUT2D eigenvalue weighted by Crippen LogP contribution is -2.38. The molecule has 0 bridgehead atoms. The standard InChI is InChI=1S/C21H29N3O3.HI/c1-4-22-21(23-9-8-18-7-6-10-26-18)24-14-17-13-20-16(11-15(3)27-20)12-19(17)25-5-2;/h6-7,10,12-13,15H,4-5,8-9,11,14H2,1-3H3,(H2,22,23,24);1H. The maximum absolute atomic E-state index is 5.90.